The van der Waals surface area contributed by atoms with E-state index in [2.05, 4.69) is 19.7 Å². The van der Waals surface area contributed by atoms with Crippen LogP contribution in [0.25, 0.3) is 0 Å². The Kier molecular flexibility index (Phi) is 20.0. The molecule has 0 heterocycles. The molecule has 0 spiro atoms. The molecule has 0 aliphatic carbocycles. The summed E-state index contributed by atoms with van der Waals surface area (Å²) in [4.78, 5) is 0. The highest BCUT2D eigenvalue weighted by molar-refractivity contribution is 4.68. The van der Waals surface area contributed by atoms with Gasteiger partial charge in [-0.15, -0.1) is 19.7 Å². The van der Waals surface area contributed by atoms with Gasteiger partial charge in [0.05, 0.1) is 33.0 Å². The number of rotatable bonds is 8. The highest BCUT2D eigenvalue weighted by atomic mass is 16.5. The van der Waals surface area contributed by atoms with Gasteiger partial charge in [-0.25, -0.2) is 0 Å². The Bertz CT molecular complexity index is 124. The Labute approximate surface area is 86.3 Å². The van der Waals surface area contributed by atoms with Crippen LogP contribution in [0.2, 0.25) is 0 Å². The first-order valence-corrected chi connectivity index (χ1v) is 4.42. The summed E-state index contributed by atoms with van der Waals surface area (Å²) < 4.78 is 9.66. The standard InChI is InChI=1S/C6H10O.C5H10O2/c1-3-5-7-6-4-2;1-2-4-7-5-3-6/h3-4H,1-2,5-6H2;2,6H,1,3-5H2. The molecule has 0 aromatic rings. The molecule has 0 bridgehead atoms. The van der Waals surface area contributed by atoms with Crippen LogP contribution in [-0.4, -0.2) is 38.1 Å². The zero-order valence-corrected chi connectivity index (χ0v) is 8.65. The Morgan fingerprint density at radius 3 is 1.64 bits per heavy atom. The summed E-state index contributed by atoms with van der Waals surface area (Å²) in [6.07, 6.45) is 5.07. The first kappa shape index (κ1) is 15.6. The minimum atomic E-state index is 0.0911. The summed E-state index contributed by atoms with van der Waals surface area (Å²) in [6, 6.07) is 0. The van der Waals surface area contributed by atoms with E-state index in [9.17, 15) is 0 Å². The summed E-state index contributed by atoms with van der Waals surface area (Å²) >= 11 is 0. The lowest BCUT2D eigenvalue weighted by Gasteiger charge is -1.92. The van der Waals surface area contributed by atoms with E-state index in [4.69, 9.17) is 14.6 Å². The predicted octanol–water partition coefficient (Wildman–Crippen LogP) is 1.56. The highest BCUT2D eigenvalue weighted by Gasteiger charge is 1.75. The molecule has 0 rings (SSSR count). The maximum atomic E-state index is 8.13. The normalized spacial score (nSPS) is 8.36. The van der Waals surface area contributed by atoms with Crippen LogP contribution in [0, 0.1) is 0 Å². The number of hydrogen-bond acceptors (Lipinski definition) is 3. The summed E-state index contributed by atoms with van der Waals surface area (Å²) in [5.74, 6) is 0. The van der Waals surface area contributed by atoms with Crippen LogP contribution in [0.4, 0.5) is 0 Å². The molecule has 0 aromatic heterocycles. The third-order valence-electron chi connectivity index (χ3n) is 0.943. The third-order valence-corrected chi connectivity index (χ3v) is 0.943. The lowest BCUT2D eigenvalue weighted by molar-refractivity contribution is 0.112. The van der Waals surface area contributed by atoms with Crippen molar-refractivity contribution in [3.8, 4) is 0 Å². The molecule has 0 aliphatic heterocycles. The third kappa shape index (κ3) is 22.5. The molecule has 3 nitrogen and oxygen atoms in total. The number of ether oxygens (including phenoxy) is 2. The van der Waals surface area contributed by atoms with E-state index in [-0.39, 0.29) is 6.61 Å². The van der Waals surface area contributed by atoms with Gasteiger partial charge >= 0.3 is 0 Å². The van der Waals surface area contributed by atoms with Gasteiger partial charge in [-0.1, -0.05) is 18.2 Å². The second kappa shape index (κ2) is 18.0. The lowest BCUT2D eigenvalue weighted by atomic mass is 10.6. The van der Waals surface area contributed by atoms with Gasteiger partial charge in [0.2, 0.25) is 0 Å². The molecule has 0 atom stereocenters. The van der Waals surface area contributed by atoms with E-state index in [0.717, 1.165) is 0 Å². The molecule has 0 saturated heterocycles. The maximum Gasteiger partial charge on any atom is 0.0701 e. The Hall–Kier alpha value is -0.900. The largest absolute Gasteiger partial charge is 0.394 e. The van der Waals surface area contributed by atoms with E-state index in [1.54, 1.807) is 18.2 Å². The van der Waals surface area contributed by atoms with Crippen molar-refractivity contribution in [2.24, 2.45) is 0 Å². The van der Waals surface area contributed by atoms with Gasteiger partial charge in [0, 0.05) is 0 Å². The zero-order valence-electron chi connectivity index (χ0n) is 8.65. The van der Waals surface area contributed by atoms with Gasteiger partial charge in [0.25, 0.3) is 0 Å². The molecule has 82 valence electrons. The zero-order chi connectivity index (χ0) is 11.1. The molecule has 0 aromatic carbocycles. The van der Waals surface area contributed by atoms with Crippen LogP contribution in [-0.2, 0) is 9.47 Å². The molecular weight excluding hydrogens is 180 g/mol. The molecule has 0 aliphatic rings. The summed E-state index contributed by atoms with van der Waals surface area (Å²) in [5, 5.41) is 8.13. The van der Waals surface area contributed by atoms with Crippen molar-refractivity contribution in [2.75, 3.05) is 33.0 Å². The smallest absolute Gasteiger partial charge is 0.0701 e. The summed E-state index contributed by atoms with van der Waals surface area (Å²) in [6.45, 7) is 12.6. The van der Waals surface area contributed by atoms with Gasteiger partial charge in [-0.2, -0.15) is 0 Å². The predicted molar refractivity (Wildman–Crippen MR) is 59.3 cm³/mol. The van der Waals surface area contributed by atoms with E-state index in [1.165, 1.54) is 0 Å². The minimum absolute atomic E-state index is 0.0911. The fourth-order valence-corrected chi connectivity index (χ4v) is 0.466. The SMILES string of the molecule is C=CCOCC=C.C=CCOCCO. The summed E-state index contributed by atoms with van der Waals surface area (Å²) in [5.41, 5.74) is 0. The van der Waals surface area contributed by atoms with E-state index in [1.807, 2.05) is 0 Å². The van der Waals surface area contributed by atoms with Gasteiger partial charge in [0.15, 0.2) is 0 Å². The first-order valence-electron chi connectivity index (χ1n) is 4.42. The van der Waals surface area contributed by atoms with Crippen LogP contribution in [0.3, 0.4) is 0 Å². The Morgan fingerprint density at radius 2 is 1.29 bits per heavy atom. The second-order valence-corrected chi connectivity index (χ2v) is 2.20. The number of hydrogen-bond donors (Lipinski definition) is 1. The molecule has 0 amide bonds. The van der Waals surface area contributed by atoms with Crippen molar-refractivity contribution in [2.45, 2.75) is 0 Å². The maximum absolute atomic E-state index is 8.13. The number of aliphatic hydroxyl groups is 1. The Morgan fingerprint density at radius 1 is 0.857 bits per heavy atom. The first-order chi connectivity index (χ1) is 6.83. The van der Waals surface area contributed by atoms with Crippen molar-refractivity contribution in [1.82, 2.24) is 0 Å². The summed E-state index contributed by atoms with van der Waals surface area (Å²) in [7, 11) is 0. The van der Waals surface area contributed by atoms with Crippen molar-refractivity contribution in [1.29, 1.82) is 0 Å². The molecule has 1 N–H and O–H groups in total. The van der Waals surface area contributed by atoms with Crippen LogP contribution in [0.1, 0.15) is 0 Å². The van der Waals surface area contributed by atoms with E-state index in [0.29, 0.717) is 26.4 Å². The average molecular weight is 200 g/mol. The van der Waals surface area contributed by atoms with Crippen LogP contribution < -0.4 is 0 Å². The average Bonchev–Trinajstić information content (AvgIpc) is 2.21. The monoisotopic (exact) mass is 200 g/mol. The quantitative estimate of drug-likeness (QED) is 0.477. The van der Waals surface area contributed by atoms with Crippen molar-refractivity contribution >= 4 is 0 Å². The highest BCUT2D eigenvalue weighted by Crippen LogP contribution is 1.72. The molecule has 0 radical (unpaired) electrons. The van der Waals surface area contributed by atoms with Crippen molar-refractivity contribution in [3.05, 3.63) is 38.0 Å². The molecule has 14 heavy (non-hydrogen) atoms. The fourth-order valence-electron chi connectivity index (χ4n) is 0.466. The Balaban J connectivity index is 0. The van der Waals surface area contributed by atoms with E-state index >= 15 is 0 Å². The van der Waals surface area contributed by atoms with Crippen LogP contribution >= 0.6 is 0 Å². The lowest BCUT2D eigenvalue weighted by Crippen LogP contribution is -1.97. The molecule has 0 unspecified atom stereocenters. The van der Waals surface area contributed by atoms with Crippen molar-refractivity contribution < 1.29 is 14.6 Å². The molecular formula is C11H20O3. The van der Waals surface area contributed by atoms with Gasteiger partial charge < -0.3 is 14.6 Å². The van der Waals surface area contributed by atoms with Gasteiger partial charge in [-0.3, -0.25) is 0 Å². The fraction of sp³-hybridized carbons (Fsp3) is 0.455. The number of aliphatic hydroxyl groups excluding tert-OH is 1. The van der Waals surface area contributed by atoms with Crippen LogP contribution in [0.5, 0.6) is 0 Å². The molecule has 3 heteroatoms. The van der Waals surface area contributed by atoms with Crippen LogP contribution in [0.15, 0.2) is 38.0 Å². The van der Waals surface area contributed by atoms with Gasteiger partial charge in [-0.05, 0) is 0 Å². The molecule has 0 fully saturated rings. The second-order valence-electron chi connectivity index (χ2n) is 2.20. The van der Waals surface area contributed by atoms with E-state index < -0.39 is 0 Å². The minimum Gasteiger partial charge on any atom is -0.394 e. The molecule has 0 saturated carbocycles. The van der Waals surface area contributed by atoms with Crippen molar-refractivity contribution in [3.63, 3.8) is 0 Å². The van der Waals surface area contributed by atoms with Gasteiger partial charge in [0.1, 0.15) is 0 Å². The topological polar surface area (TPSA) is 38.7 Å².